The molecule has 0 spiro atoms. The Morgan fingerprint density at radius 2 is 1.88 bits per heavy atom. The SMILES string of the molecule is CNC(=O)C(CC(C)C)NC(=O)c1sc(-c2ccccc2)nc1C. The maximum atomic E-state index is 12.6. The van der Waals surface area contributed by atoms with Crippen LogP contribution in [0.3, 0.4) is 0 Å². The number of amides is 2. The minimum absolute atomic E-state index is 0.178. The van der Waals surface area contributed by atoms with E-state index in [1.165, 1.54) is 11.3 Å². The third-order valence-electron chi connectivity index (χ3n) is 3.60. The van der Waals surface area contributed by atoms with E-state index in [1.54, 1.807) is 7.05 Å². The third kappa shape index (κ3) is 4.41. The predicted octanol–water partition coefficient (Wildman–Crippen LogP) is 3.01. The Morgan fingerprint density at radius 3 is 2.46 bits per heavy atom. The van der Waals surface area contributed by atoms with Gasteiger partial charge in [0.05, 0.1) is 5.69 Å². The van der Waals surface area contributed by atoms with Crippen LogP contribution in [0.25, 0.3) is 10.6 Å². The number of benzene rings is 1. The van der Waals surface area contributed by atoms with Crippen molar-refractivity contribution in [2.75, 3.05) is 7.05 Å². The number of thiazole rings is 1. The van der Waals surface area contributed by atoms with Crippen molar-refractivity contribution in [2.45, 2.75) is 33.2 Å². The number of carbonyl (C=O) groups is 2. The van der Waals surface area contributed by atoms with Gasteiger partial charge in [-0.25, -0.2) is 4.98 Å². The molecule has 24 heavy (non-hydrogen) atoms. The summed E-state index contributed by atoms with van der Waals surface area (Å²) >= 11 is 1.35. The number of nitrogens with one attached hydrogen (secondary N) is 2. The van der Waals surface area contributed by atoms with Crippen LogP contribution < -0.4 is 10.6 Å². The molecule has 1 atom stereocenters. The zero-order valence-corrected chi connectivity index (χ0v) is 15.2. The topological polar surface area (TPSA) is 71.1 Å². The molecular formula is C18H23N3O2S. The van der Waals surface area contributed by atoms with Gasteiger partial charge >= 0.3 is 0 Å². The fraction of sp³-hybridized carbons (Fsp3) is 0.389. The molecule has 0 radical (unpaired) electrons. The van der Waals surface area contributed by atoms with E-state index in [9.17, 15) is 9.59 Å². The summed E-state index contributed by atoms with van der Waals surface area (Å²) in [4.78, 5) is 29.6. The molecule has 1 heterocycles. The van der Waals surface area contributed by atoms with Gasteiger partial charge in [-0.3, -0.25) is 9.59 Å². The largest absolute Gasteiger partial charge is 0.357 e. The lowest BCUT2D eigenvalue weighted by Crippen LogP contribution is -2.46. The van der Waals surface area contributed by atoms with Crippen LogP contribution >= 0.6 is 11.3 Å². The van der Waals surface area contributed by atoms with Crippen LogP contribution in [-0.4, -0.2) is 29.9 Å². The van der Waals surface area contributed by atoms with E-state index in [2.05, 4.69) is 15.6 Å². The Labute approximate surface area is 146 Å². The molecule has 2 aromatic rings. The normalized spacial score (nSPS) is 12.0. The summed E-state index contributed by atoms with van der Waals surface area (Å²) in [7, 11) is 1.58. The number of rotatable bonds is 6. The Kier molecular flexibility index (Phi) is 6.09. The fourth-order valence-electron chi connectivity index (χ4n) is 2.41. The molecule has 0 saturated heterocycles. The first kappa shape index (κ1) is 18.1. The van der Waals surface area contributed by atoms with E-state index in [0.717, 1.165) is 10.6 Å². The van der Waals surface area contributed by atoms with Crippen molar-refractivity contribution in [2.24, 2.45) is 5.92 Å². The number of hydrogen-bond donors (Lipinski definition) is 2. The number of carbonyl (C=O) groups excluding carboxylic acids is 2. The van der Waals surface area contributed by atoms with Crippen LogP contribution in [0.15, 0.2) is 30.3 Å². The maximum absolute atomic E-state index is 12.6. The number of nitrogens with zero attached hydrogens (tertiary/aromatic N) is 1. The van der Waals surface area contributed by atoms with E-state index < -0.39 is 6.04 Å². The van der Waals surface area contributed by atoms with Crippen molar-refractivity contribution in [3.05, 3.63) is 40.9 Å². The molecule has 0 aliphatic heterocycles. The fourth-order valence-corrected chi connectivity index (χ4v) is 3.39. The number of aryl methyl sites for hydroxylation is 1. The first-order valence-corrected chi connectivity index (χ1v) is 8.79. The highest BCUT2D eigenvalue weighted by atomic mass is 32.1. The van der Waals surface area contributed by atoms with E-state index in [0.29, 0.717) is 22.9 Å². The number of likely N-dealkylation sites (N-methyl/N-ethyl adjacent to an activating group) is 1. The molecule has 0 bridgehead atoms. The monoisotopic (exact) mass is 345 g/mol. The lowest BCUT2D eigenvalue weighted by atomic mass is 10.0. The summed E-state index contributed by atoms with van der Waals surface area (Å²) in [5.74, 6) is -0.126. The molecule has 1 aromatic heterocycles. The summed E-state index contributed by atoms with van der Waals surface area (Å²) in [6.45, 7) is 5.86. The van der Waals surface area contributed by atoms with Crippen molar-refractivity contribution in [1.82, 2.24) is 15.6 Å². The molecular weight excluding hydrogens is 322 g/mol. The first-order valence-electron chi connectivity index (χ1n) is 7.97. The minimum Gasteiger partial charge on any atom is -0.357 e. The lowest BCUT2D eigenvalue weighted by molar-refractivity contribution is -0.122. The van der Waals surface area contributed by atoms with Gasteiger partial charge in [-0.05, 0) is 19.3 Å². The summed E-state index contributed by atoms with van der Waals surface area (Å²) in [6.07, 6.45) is 0.592. The Balaban J connectivity index is 2.20. The van der Waals surface area contributed by atoms with Crippen LogP contribution in [0.1, 0.15) is 35.6 Å². The van der Waals surface area contributed by atoms with Gasteiger partial charge < -0.3 is 10.6 Å². The van der Waals surface area contributed by atoms with E-state index >= 15 is 0 Å². The van der Waals surface area contributed by atoms with Crippen LogP contribution in [0, 0.1) is 12.8 Å². The van der Waals surface area contributed by atoms with Crippen LogP contribution in [-0.2, 0) is 4.79 Å². The van der Waals surface area contributed by atoms with Gasteiger partial charge in [-0.2, -0.15) is 0 Å². The van der Waals surface area contributed by atoms with Crippen molar-refractivity contribution in [3.8, 4) is 10.6 Å². The molecule has 0 aliphatic rings. The zero-order chi connectivity index (χ0) is 17.7. The molecule has 0 aliphatic carbocycles. The summed E-state index contributed by atoms with van der Waals surface area (Å²) < 4.78 is 0. The average molecular weight is 345 g/mol. The quantitative estimate of drug-likeness (QED) is 0.845. The molecule has 2 N–H and O–H groups in total. The molecule has 5 nitrogen and oxygen atoms in total. The van der Waals surface area contributed by atoms with Gasteiger partial charge in [0.2, 0.25) is 5.91 Å². The summed E-state index contributed by atoms with van der Waals surface area (Å²) in [5, 5.41) is 6.25. The summed E-state index contributed by atoms with van der Waals surface area (Å²) in [6, 6.07) is 9.21. The average Bonchev–Trinajstić information content (AvgIpc) is 2.96. The van der Waals surface area contributed by atoms with Crippen molar-refractivity contribution in [1.29, 1.82) is 0 Å². The first-order chi connectivity index (χ1) is 11.4. The minimum atomic E-state index is -0.538. The maximum Gasteiger partial charge on any atom is 0.263 e. The number of hydrogen-bond acceptors (Lipinski definition) is 4. The summed E-state index contributed by atoms with van der Waals surface area (Å²) in [5.41, 5.74) is 1.66. The molecule has 0 fully saturated rings. The highest BCUT2D eigenvalue weighted by Gasteiger charge is 2.24. The standard InChI is InChI=1S/C18H23N3O2S/c1-11(2)10-14(16(22)19-4)21-17(23)15-12(3)20-18(24-15)13-8-6-5-7-9-13/h5-9,11,14H,10H2,1-4H3,(H,19,22)(H,21,23). The molecule has 1 unspecified atom stereocenters. The van der Waals surface area contributed by atoms with Gasteiger partial charge in [0.15, 0.2) is 0 Å². The third-order valence-corrected chi connectivity index (χ3v) is 4.80. The van der Waals surface area contributed by atoms with Gasteiger partial charge in [0.1, 0.15) is 15.9 Å². The second-order valence-electron chi connectivity index (χ2n) is 6.07. The van der Waals surface area contributed by atoms with Crippen LogP contribution in [0.2, 0.25) is 0 Å². The Hall–Kier alpha value is -2.21. The molecule has 2 amide bonds. The zero-order valence-electron chi connectivity index (χ0n) is 14.4. The molecule has 6 heteroatoms. The smallest absolute Gasteiger partial charge is 0.263 e. The predicted molar refractivity (Wildman–Crippen MR) is 97.1 cm³/mol. The lowest BCUT2D eigenvalue weighted by Gasteiger charge is -2.18. The van der Waals surface area contributed by atoms with Crippen molar-refractivity contribution >= 4 is 23.2 Å². The van der Waals surface area contributed by atoms with E-state index in [-0.39, 0.29) is 11.8 Å². The molecule has 1 aromatic carbocycles. The highest BCUT2D eigenvalue weighted by Crippen LogP contribution is 2.27. The van der Waals surface area contributed by atoms with E-state index in [4.69, 9.17) is 0 Å². The van der Waals surface area contributed by atoms with Gasteiger partial charge in [-0.1, -0.05) is 44.2 Å². The van der Waals surface area contributed by atoms with Crippen molar-refractivity contribution < 1.29 is 9.59 Å². The second kappa shape index (κ2) is 8.06. The van der Waals surface area contributed by atoms with Gasteiger partial charge in [0, 0.05) is 12.6 Å². The molecule has 2 rings (SSSR count). The molecule has 0 saturated carbocycles. The van der Waals surface area contributed by atoms with E-state index in [1.807, 2.05) is 51.1 Å². The van der Waals surface area contributed by atoms with Crippen molar-refractivity contribution in [3.63, 3.8) is 0 Å². The van der Waals surface area contributed by atoms with Crippen LogP contribution in [0.5, 0.6) is 0 Å². The highest BCUT2D eigenvalue weighted by molar-refractivity contribution is 7.17. The number of aromatic nitrogens is 1. The second-order valence-corrected chi connectivity index (χ2v) is 7.07. The molecule has 128 valence electrons. The Morgan fingerprint density at radius 1 is 1.21 bits per heavy atom. The van der Waals surface area contributed by atoms with Gasteiger partial charge in [0.25, 0.3) is 5.91 Å². The van der Waals surface area contributed by atoms with Gasteiger partial charge in [-0.15, -0.1) is 11.3 Å². The Bertz CT molecular complexity index is 710. The van der Waals surface area contributed by atoms with Crippen LogP contribution in [0.4, 0.5) is 0 Å².